The molecule has 3 heteroatoms. The lowest BCUT2D eigenvalue weighted by atomic mass is 9.76. The summed E-state index contributed by atoms with van der Waals surface area (Å²) in [5.74, 6) is -0.192. The number of hydrogen-bond acceptors (Lipinski definition) is 1. The molecule has 0 saturated heterocycles. The van der Waals surface area contributed by atoms with Crippen molar-refractivity contribution < 1.29 is 8.97 Å². The topological polar surface area (TPSA) is 6.25 Å². The minimum atomic E-state index is -0.348. The van der Waals surface area contributed by atoms with Crippen molar-refractivity contribution in [3.05, 3.63) is 131 Å². The van der Waals surface area contributed by atoms with E-state index in [1.165, 1.54) is 39.0 Å². The van der Waals surface area contributed by atoms with E-state index in [0.29, 0.717) is 0 Å². The molecule has 0 bridgehead atoms. The second-order valence-electron chi connectivity index (χ2n) is 11.4. The molecule has 0 aliphatic carbocycles. The van der Waals surface area contributed by atoms with Crippen molar-refractivity contribution in [2.75, 3.05) is 19.0 Å². The minimum absolute atomic E-state index is 0.121. The van der Waals surface area contributed by atoms with Crippen molar-refractivity contribution in [3.8, 4) is 0 Å². The Labute approximate surface area is 225 Å². The van der Waals surface area contributed by atoms with Gasteiger partial charge in [-0.15, -0.1) is 0 Å². The SMILES string of the molecule is CN1C(=CC=CC2=[N+](C)c3c(ccc4ccccc34)C2(C)C)C(C)(Cc2ccccc2)c2cc(F)ccc21. The summed E-state index contributed by atoms with van der Waals surface area (Å²) in [4.78, 5) is 2.22. The van der Waals surface area contributed by atoms with Gasteiger partial charge in [0.2, 0.25) is 5.69 Å². The maximum atomic E-state index is 14.5. The summed E-state index contributed by atoms with van der Waals surface area (Å²) in [7, 11) is 4.26. The lowest BCUT2D eigenvalue weighted by molar-refractivity contribution is -0.399. The van der Waals surface area contributed by atoms with Gasteiger partial charge in [0.25, 0.3) is 0 Å². The first-order valence-electron chi connectivity index (χ1n) is 13.3. The first kappa shape index (κ1) is 24.4. The van der Waals surface area contributed by atoms with Gasteiger partial charge in [0.15, 0.2) is 5.71 Å². The maximum absolute atomic E-state index is 14.5. The number of benzene rings is 4. The fourth-order valence-corrected chi connectivity index (χ4v) is 6.72. The second kappa shape index (κ2) is 8.80. The van der Waals surface area contributed by atoms with Gasteiger partial charge in [0.1, 0.15) is 12.9 Å². The third-order valence-electron chi connectivity index (χ3n) is 8.66. The molecule has 0 radical (unpaired) electrons. The number of nitrogens with zero attached hydrogens (tertiary/aromatic N) is 2. The third-order valence-corrected chi connectivity index (χ3v) is 8.66. The Balaban J connectivity index is 1.43. The number of hydrogen-bond donors (Lipinski definition) is 0. The first-order valence-corrected chi connectivity index (χ1v) is 13.3. The van der Waals surface area contributed by atoms with Gasteiger partial charge in [-0.25, -0.2) is 4.39 Å². The van der Waals surface area contributed by atoms with Gasteiger partial charge in [0, 0.05) is 35.5 Å². The van der Waals surface area contributed by atoms with E-state index in [9.17, 15) is 4.39 Å². The second-order valence-corrected chi connectivity index (χ2v) is 11.4. The molecule has 4 aromatic rings. The summed E-state index contributed by atoms with van der Waals surface area (Å²) >= 11 is 0. The Morgan fingerprint density at radius 2 is 1.61 bits per heavy atom. The Bertz CT molecular complexity index is 1660. The van der Waals surface area contributed by atoms with E-state index in [0.717, 1.165) is 17.7 Å². The van der Waals surface area contributed by atoms with Gasteiger partial charge in [-0.3, -0.25) is 0 Å². The maximum Gasteiger partial charge on any atom is 0.217 e. The largest absolute Gasteiger partial charge is 0.347 e. The van der Waals surface area contributed by atoms with Gasteiger partial charge in [-0.1, -0.05) is 66.7 Å². The molecule has 2 nitrogen and oxygen atoms in total. The molecule has 0 amide bonds. The minimum Gasteiger partial charge on any atom is -0.347 e. The van der Waals surface area contributed by atoms with Crippen molar-refractivity contribution in [2.45, 2.75) is 38.0 Å². The summed E-state index contributed by atoms with van der Waals surface area (Å²) in [6.45, 7) is 6.84. The van der Waals surface area contributed by atoms with E-state index >= 15 is 0 Å². The molecule has 38 heavy (non-hydrogen) atoms. The highest BCUT2D eigenvalue weighted by Gasteiger charge is 2.44. The van der Waals surface area contributed by atoms with Crippen molar-refractivity contribution in [1.29, 1.82) is 0 Å². The highest BCUT2D eigenvalue weighted by molar-refractivity contribution is 6.07. The summed E-state index contributed by atoms with van der Waals surface area (Å²) in [6.07, 6.45) is 7.45. The van der Waals surface area contributed by atoms with Crippen LogP contribution in [0.1, 0.15) is 37.5 Å². The molecule has 0 saturated carbocycles. The molecule has 0 aromatic heterocycles. The van der Waals surface area contributed by atoms with Crippen LogP contribution in [0.25, 0.3) is 10.8 Å². The zero-order valence-electron chi connectivity index (χ0n) is 22.8. The Hall–Kier alpha value is -3.98. The number of halogens is 1. The molecule has 6 rings (SSSR count). The molecule has 190 valence electrons. The molecular formula is C35H34FN2+. The fourth-order valence-electron chi connectivity index (χ4n) is 6.72. The van der Waals surface area contributed by atoms with Crippen LogP contribution in [0, 0.1) is 5.82 Å². The van der Waals surface area contributed by atoms with Crippen molar-refractivity contribution in [3.63, 3.8) is 0 Å². The number of likely N-dealkylation sites (N-methyl/N-ethyl adjacent to an activating group) is 1. The van der Waals surface area contributed by atoms with Gasteiger partial charge in [-0.05, 0) is 74.0 Å². The predicted octanol–water partition coefficient (Wildman–Crippen LogP) is 8.08. The average Bonchev–Trinajstić information content (AvgIpc) is 3.23. The first-order chi connectivity index (χ1) is 18.2. The zero-order chi connectivity index (χ0) is 26.7. The molecule has 2 aliphatic rings. The van der Waals surface area contributed by atoms with E-state index in [2.05, 4.69) is 123 Å². The van der Waals surface area contributed by atoms with E-state index in [1.807, 2.05) is 12.1 Å². The number of rotatable bonds is 4. The van der Waals surface area contributed by atoms with Crippen molar-refractivity contribution in [1.82, 2.24) is 0 Å². The lowest BCUT2D eigenvalue weighted by Crippen LogP contribution is -2.29. The summed E-state index contributed by atoms with van der Waals surface area (Å²) in [5.41, 5.74) is 7.93. The Kier molecular flexibility index (Phi) is 5.64. The molecule has 1 atom stereocenters. The number of allylic oxidation sites excluding steroid dienone is 4. The molecule has 2 aliphatic heterocycles. The van der Waals surface area contributed by atoms with Crippen LogP contribution in [0.4, 0.5) is 15.8 Å². The quantitative estimate of drug-likeness (QED) is 0.256. The average molecular weight is 502 g/mol. The Morgan fingerprint density at radius 3 is 2.39 bits per heavy atom. The van der Waals surface area contributed by atoms with Crippen LogP contribution in [0.5, 0.6) is 0 Å². The van der Waals surface area contributed by atoms with Crippen LogP contribution in [-0.4, -0.2) is 24.4 Å². The van der Waals surface area contributed by atoms with Crippen molar-refractivity contribution >= 4 is 27.9 Å². The normalized spacial score (nSPS) is 21.1. The third kappa shape index (κ3) is 3.64. The lowest BCUT2D eigenvalue weighted by Gasteiger charge is -2.29. The number of fused-ring (bicyclic) bond motifs is 4. The monoisotopic (exact) mass is 501 g/mol. The van der Waals surface area contributed by atoms with E-state index < -0.39 is 0 Å². The van der Waals surface area contributed by atoms with Crippen LogP contribution >= 0.6 is 0 Å². The standard InChI is InChI=1S/C35H34FN2/c1-34(2)28-20-18-25-14-9-10-15-27(25)33(28)38(5)31(34)16-11-17-32-35(3,23-24-12-7-6-8-13-24)29-22-26(36)19-21-30(29)37(32)4/h6-22H,23H2,1-5H3/q+1. The van der Waals surface area contributed by atoms with Crippen LogP contribution in [-0.2, 0) is 17.3 Å². The molecule has 2 heterocycles. The van der Waals surface area contributed by atoms with Crippen LogP contribution in [0.2, 0.25) is 0 Å². The van der Waals surface area contributed by atoms with Crippen LogP contribution < -0.4 is 4.90 Å². The van der Waals surface area contributed by atoms with Gasteiger partial charge in [0.05, 0.1) is 10.8 Å². The summed E-state index contributed by atoms with van der Waals surface area (Å²) in [5, 5.41) is 2.54. The van der Waals surface area contributed by atoms with Gasteiger partial charge in [-0.2, -0.15) is 4.58 Å². The summed E-state index contributed by atoms with van der Waals surface area (Å²) < 4.78 is 16.8. The highest BCUT2D eigenvalue weighted by atomic mass is 19.1. The van der Waals surface area contributed by atoms with E-state index in [1.54, 1.807) is 12.1 Å². The predicted molar refractivity (Wildman–Crippen MR) is 157 cm³/mol. The van der Waals surface area contributed by atoms with Crippen LogP contribution in [0.3, 0.4) is 0 Å². The van der Waals surface area contributed by atoms with Crippen molar-refractivity contribution in [2.24, 2.45) is 0 Å². The van der Waals surface area contributed by atoms with E-state index in [-0.39, 0.29) is 16.6 Å². The summed E-state index contributed by atoms with van der Waals surface area (Å²) in [6, 6.07) is 28.8. The van der Waals surface area contributed by atoms with Gasteiger partial charge >= 0.3 is 0 Å². The Morgan fingerprint density at radius 1 is 0.868 bits per heavy atom. The number of anilines is 1. The van der Waals surface area contributed by atoms with Gasteiger partial charge < -0.3 is 4.90 Å². The highest BCUT2D eigenvalue weighted by Crippen LogP contribution is 2.49. The zero-order valence-corrected chi connectivity index (χ0v) is 22.8. The molecule has 1 unspecified atom stereocenters. The smallest absolute Gasteiger partial charge is 0.217 e. The molecule has 4 aromatic carbocycles. The molecule has 0 fully saturated rings. The fraction of sp³-hybridized carbons (Fsp3) is 0.229. The van der Waals surface area contributed by atoms with Crippen LogP contribution in [0.15, 0.2) is 109 Å². The molecular weight excluding hydrogens is 467 g/mol. The molecule has 0 spiro atoms. The molecule has 0 N–H and O–H groups in total. The van der Waals surface area contributed by atoms with E-state index in [4.69, 9.17) is 0 Å².